The summed E-state index contributed by atoms with van der Waals surface area (Å²) >= 11 is 2.92. The number of thioether (sulfide) groups is 1. The smallest absolute Gasteiger partial charge is 0.193 e. The molecule has 0 amide bonds. The number of hydrogen-bond acceptors (Lipinski definition) is 6. The molecule has 104 valence electrons. The molecule has 0 aliphatic heterocycles. The van der Waals surface area contributed by atoms with Gasteiger partial charge in [-0.2, -0.15) is 0 Å². The molecule has 0 aliphatic carbocycles. The number of ketones is 1. The molecule has 2 aromatic rings. The predicted molar refractivity (Wildman–Crippen MR) is 83.7 cm³/mol. The Morgan fingerprint density at radius 2 is 2.20 bits per heavy atom. The molecule has 0 saturated heterocycles. The molecule has 4 nitrogen and oxygen atoms in total. The highest BCUT2D eigenvalue weighted by Crippen LogP contribution is 2.28. The third-order valence-corrected chi connectivity index (χ3v) is 4.22. The number of hydrogen-bond donors (Lipinski definition) is 0. The highest BCUT2D eigenvalue weighted by Gasteiger charge is 2.10. The van der Waals surface area contributed by atoms with Gasteiger partial charge in [0.25, 0.3) is 0 Å². The molecule has 0 unspecified atom stereocenters. The van der Waals surface area contributed by atoms with Crippen molar-refractivity contribution in [3.63, 3.8) is 0 Å². The number of Topliss-reactive ketones (excluding diaryl/α,β-unsaturated/α-hetero) is 1. The van der Waals surface area contributed by atoms with E-state index in [1.165, 1.54) is 11.8 Å². The van der Waals surface area contributed by atoms with Gasteiger partial charge in [-0.05, 0) is 36.2 Å². The molecule has 0 aliphatic rings. The van der Waals surface area contributed by atoms with E-state index in [4.69, 9.17) is 0 Å². The SMILES string of the molecule is CC(=O)/C(=C/N(C)C)Sc1nccc(-c2cccs2)n1. The van der Waals surface area contributed by atoms with Crippen molar-refractivity contribution in [3.05, 3.63) is 40.9 Å². The lowest BCUT2D eigenvalue weighted by atomic mass is 10.3. The summed E-state index contributed by atoms with van der Waals surface area (Å²) in [6.45, 7) is 1.55. The van der Waals surface area contributed by atoms with Crippen molar-refractivity contribution in [2.75, 3.05) is 14.1 Å². The normalized spacial score (nSPS) is 11.4. The molecule has 0 radical (unpaired) electrons. The van der Waals surface area contributed by atoms with E-state index in [1.54, 1.807) is 30.7 Å². The lowest BCUT2D eigenvalue weighted by Crippen LogP contribution is -2.05. The lowest BCUT2D eigenvalue weighted by Gasteiger charge is -2.08. The van der Waals surface area contributed by atoms with Crippen LogP contribution in [0.5, 0.6) is 0 Å². The Hall–Kier alpha value is -1.66. The van der Waals surface area contributed by atoms with Crippen LogP contribution in [0.1, 0.15) is 6.92 Å². The van der Waals surface area contributed by atoms with E-state index < -0.39 is 0 Å². The van der Waals surface area contributed by atoms with Crippen LogP contribution >= 0.6 is 23.1 Å². The maximum Gasteiger partial charge on any atom is 0.193 e. The predicted octanol–water partition coefficient (Wildman–Crippen LogP) is 3.29. The summed E-state index contributed by atoms with van der Waals surface area (Å²) in [5.74, 6) is 0.00817. The van der Waals surface area contributed by atoms with Gasteiger partial charge in [0.1, 0.15) is 0 Å². The van der Waals surface area contributed by atoms with Crippen molar-refractivity contribution in [2.24, 2.45) is 0 Å². The molecule has 0 fully saturated rings. The standard InChI is InChI=1S/C14H15N3OS2/c1-10(18)13(9-17(2)3)20-14-15-7-6-11(16-14)12-5-4-8-19-12/h4-9H,1-3H3/b13-9-. The molecule has 0 saturated carbocycles. The quantitative estimate of drug-likeness (QED) is 0.482. The second-order valence-corrected chi connectivity index (χ2v) is 6.27. The molecular weight excluding hydrogens is 290 g/mol. The summed E-state index contributed by atoms with van der Waals surface area (Å²) in [4.78, 5) is 23.9. The van der Waals surface area contributed by atoms with E-state index >= 15 is 0 Å². The summed E-state index contributed by atoms with van der Waals surface area (Å²) < 4.78 is 0. The van der Waals surface area contributed by atoms with Crippen LogP contribution in [-0.4, -0.2) is 34.7 Å². The lowest BCUT2D eigenvalue weighted by molar-refractivity contribution is -0.113. The van der Waals surface area contributed by atoms with E-state index in [0.717, 1.165) is 10.6 Å². The Kier molecular flexibility index (Phi) is 4.92. The van der Waals surface area contributed by atoms with Crippen LogP contribution in [0.15, 0.2) is 46.0 Å². The third-order valence-electron chi connectivity index (χ3n) is 2.33. The second-order valence-electron chi connectivity index (χ2n) is 4.32. The summed E-state index contributed by atoms with van der Waals surface area (Å²) in [6.07, 6.45) is 3.51. The van der Waals surface area contributed by atoms with E-state index in [0.29, 0.717) is 10.1 Å². The average Bonchev–Trinajstić information content (AvgIpc) is 2.91. The largest absolute Gasteiger partial charge is 0.382 e. The van der Waals surface area contributed by atoms with Gasteiger partial charge in [-0.25, -0.2) is 9.97 Å². The Bertz CT molecular complexity index is 621. The van der Waals surface area contributed by atoms with Crippen LogP contribution in [-0.2, 0) is 4.79 Å². The zero-order valence-corrected chi connectivity index (χ0v) is 13.2. The van der Waals surface area contributed by atoms with Gasteiger partial charge < -0.3 is 4.90 Å². The van der Waals surface area contributed by atoms with E-state index in [1.807, 2.05) is 42.6 Å². The molecule has 2 heterocycles. The Labute approximate surface area is 126 Å². The van der Waals surface area contributed by atoms with Crippen molar-refractivity contribution in [3.8, 4) is 10.6 Å². The molecule has 0 spiro atoms. The molecule has 0 N–H and O–H groups in total. The minimum absolute atomic E-state index is 0.00817. The minimum atomic E-state index is 0.00817. The first-order valence-electron chi connectivity index (χ1n) is 6.00. The van der Waals surface area contributed by atoms with Crippen LogP contribution in [0.3, 0.4) is 0 Å². The van der Waals surface area contributed by atoms with Gasteiger partial charge in [0.05, 0.1) is 15.5 Å². The minimum Gasteiger partial charge on any atom is -0.382 e. The number of carbonyl (C=O) groups excluding carboxylic acids is 1. The van der Waals surface area contributed by atoms with Crippen molar-refractivity contribution in [2.45, 2.75) is 12.1 Å². The number of carbonyl (C=O) groups is 1. The summed E-state index contributed by atoms with van der Waals surface area (Å²) in [5, 5.41) is 2.59. The van der Waals surface area contributed by atoms with Crippen molar-refractivity contribution in [1.29, 1.82) is 0 Å². The fourth-order valence-electron chi connectivity index (χ4n) is 1.47. The van der Waals surface area contributed by atoms with Crippen LogP contribution in [0.2, 0.25) is 0 Å². The number of thiophene rings is 1. The number of allylic oxidation sites excluding steroid dienone is 1. The summed E-state index contributed by atoms with van der Waals surface area (Å²) in [5.41, 5.74) is 0.880. The monoisotopic (exact) mass is 305 g/mol. The Balaban J connectivity index is 2.25. The molecule has 0 aromatic carbocycles. The molecule has 20 heavy (non-hydrogen) atoms. The third kappa shape index (κ3) is 3.91. The number of nitrogens with zero attached hydrogens (tertiary/aromatic N) is 3. The first-order chi connectivity index (χ1) is 9.56. The Morgan fingerprint density at radius 3 is 2.80 bits per heavy atom. The van der Waals surface area contributed by atoms with Crippen LogP contribution in [0.4, 0.5) is 0 Å². The average molecular weight is 305 g/mol. The van der Waals surface area contributed by atoms with Gasteiger partial charge in [0.2, 0.25) is 0 Å². The summed E-state index contributed by atoms with van der Waals surface area (Å²) in [6, 6.07) is 5.88. The first-order valence-corrected chi connectivity index (χ1v) is 7.70. The zero-order chi connectivity index (χ0) is 14.5. The van der Waals surface area contributed by atoms with Gasteiger partial charge >= 0.3 is 0 Å². The molecule has 2 rings (SSSR count). The fourth-order valence-corrected chi connectivity index (χ4v) is 3.03. The summed E-state index contributed by atoms with van der Waals surface area (Å²) in [7, 11) is 3.76. The highest BCUT2D eigenvalue weighted by atomic mass is 32.2. The first kappa shape index (κ1) is 14.7. The number of rotatable bonds is 5. The van der Waals surface area contributed by atoms with Gasteiger partial charge in [0, 0.05) is 26.5 Å². The number of aromatic nitrogens is 2. The second kappa shape index (κ2) is 6.67. The molecule has 0 bridgehead atoms. The van der Waals surface area contributed by atoms with E-state index in [2.05, 4.69) is 9.97 Å². The zero-order valence-electron chi connectivity index (χ0n) is 11.5. The van der Waals surface area contributed by atoms with E-state index in [-0.39, 0.29) is 5.78 Å². The maximum absolute atomic E-state index is 11.6. The molecule has 0 atom stereocenters. The van der Waals surface area contributed by atoms with Crippen molar-refractivity contribution < 1.29 is 4.79 Å². The maximum atomic E-state index is 11.6. The molecular formula is C14H15N3OS2. The van der Waals surface area contributed by atoms with Gasteiger partial charge in [-0.3, -0.25) is 4.79 Å². The van der Waals surface area contributed by atoms with Crippen LogP contribution in [0, 0.1) is 0 Å². The van der Waals surface area contributed by atoms with Crippen molar-refractivity contribution in [1.82, 2.24) is 14.9 Å². The van der Waals surface area contributed by atoms with E-state index in [9.17, 15) is 4.79 Å². The van der Waals surface area contributed by atoms with Crippen LogP contribution < -0.4 is 0 Å². The Morgan fingerprint density at radius 1 is 1.40 bits per heavy atom. The van der Waals surface area contributed by atoms with Crippen LogP contribution in [0.25, 0.3) is 10.6 Å². The molecule has 2 aromatic heterocycles. The molecule has 6 heteroatoms. The van der Waals surface area contributed by atoms with Gasteiger partial charge in [-0.15, -0.1) is 11.3 Å². The highest BCUT2D eigenvalue weighted by molar-refractivity contribution is 8.03. The van der Waals surface area contributed by atoms with Gasteiger partial charge in [0.15, 0.2) is 10.9 Å². The van der Waals surface area contributed by atoms with Gasteiger partial charge in [-0.1, -0.05) is 6.07 Å². The van der Waals surface area contributed by atoms with Crippen molar-refractivity contribution >= 4 is 28.9 Å². The fraction of sp³-hybridized carbons (Fsp3) is 0.214. The topological polar surface area (TPSA) is 46.1 Å².